The predicted octanol–water partition coefficient (Wildman–Crippen LogP) is 3.37. The first kappa shape index (κ1) is 17.4. The van der Waals surface area contributed by atoms with Gasteiger partial charge in [0.1, 0.15) is 5.82 Å². The molecule has 1 aliphatic rings. The maximum atomic E-state index is 13.6. The lowest BCUT2D eigenvalue weighted by molar-refractivity contribution is 0.197. The Morgan fingerprint density at radius 1 is 1.17 bits per heavy atom. The SMILES string of the molecule is O=S(=O)(c1ccc(Cl)cc1)N1[C@@H](CO)CC[C@H]1c1cccc(F)c1. The van der Waals surface area contributed by atoms with Gasteiger partial charge in [-0.05, 0) is 54.8 Å². The fraction of sp³-hybridized carbons (Fsp3) is 0.294. The Bertz CT molecular complexity index is 826. The van der Waals surface area contributed by atoms with Crippen LogP contribution in [-0.2, 0) is 10.0 Å². The quantitative estimate of drug-likeness (QED) is 0.899. The van der Waals surface area contributed by atoms with E-state index in [0.717, 1.165) is 0 Å². The maximum absolute atomic E-state index is 13.6. The zero-order valence-corrected chi connectivity index (χ0v) is 14.3. The van der Waals surface area contributed by atoms with Crippen molar-refractivity contribution >= 4 is 21.6 Å². The van der Waals surface area contributed by atoms with E-state index in [4.69, 9.17) is 11.6 Å². The van der Waals surface area contributed by atoms with Gasteiger partial charge in [0.2, 0.25) is 10.0 Å². The Labute approximate surface area is 145 Å². The predicted molar refractivity (Wildman–Crippen MR) is 89.7 cm³/mol. The molecular formula is C17H17ClFNO3S. The molecule has 0 saturated carbocycles. The topological polar surface area (TPSA) is 57.6 Å². The average Bonchev–Trinajstić information content (AvgIpc) is 3.00. The number of benzene rings is 2. The number of hydrogen-bond donors (Lipinski definition) is 1. The number of hydrogen-bond acceptors (Lipinski definition) is 3. The van der Waals surface area contributed by atoms with Crippen molar-refractivity contribution in [1.29, 1.82) is 0 Å². The third-order valence-electron chi connectivity index (χ3n) is 4.27. The van der Waals surface area contributed by atoms with E-state index in [1.54, 1.807) is 12.1 Å². The molecule has 1 aliphatic heterocycles. The summed E-state index contributed by atoms with van der Waals surface area (Å²) in [7, 11) is -3.83. The second-order valence-corrected chi connectivity index (χ2v) is 8.05. The summed E-state index contributed by atoms with van der Waals surface area (Å²) in [5.41, 5.74) is 0.587. The molecule has 0 aliphatic carbocycles. The minimum absolute atomic E-state index is 0.105. The van der Waals surface area contributed by atoms with Crippen LogP contribution in [0.5, 0.6) is 0 Å². The van der Waals surface area contributed by atoms with E-state index < -0.39 is 27.9 Å². The van der Waals surface area contributed by atoms with Crippen molar-refractivity contribution < 1.29 is 17.9 Å². The molecule has 1 heterocycles. The van der Waals surface area contributed by atoms with Gasteiger partial charge in [0, 0.05) is 11.1 Å². The van der Waals surface area contributed by atoms with E-state index >= 15 is 0 Å². The van der Waals surface area contributed by atoms with Crippen LogP contribution in [0.25, 0.3) is 0 Å². The summed E-state index contributed by atoms with van der Waals surface area (Å²) in [4.78, 5) is 0.105. The molecule has 1 saturated heterocycles. The molecule has 2 atom stereocenters. The molecule has 0 spiro atoms. The summed E-state index contributed by atoms with van der Waals surface area (Å²) in [6.45, 7) is -0.279. The van der Waals surface area contributed by atoms with Gasteiger partial charge in [-0.3, -0.25) is 0 Å². The summed E-state index contributed by atoms with van der Waals surface area (Å²) in [6.07, 6.45) is 1.05. The molecule has 3 rings (SSSR count). The van der Waals surface area contributed by atoms with E-state index in [2.05, 4.69) is 0 Å². The van der Waals surface area contributed by atoms with Crippen LogP contribution in [0.2, 0.25) is 5.02 Å². The zero-order valence-electron chi connectivity index (χ0n) is 12.8. The van der Waals surface area contributed by atoms with Crippen molar-refractivity contribution in [2.24, 2.45) is 0 Å². The van der Waals surface area contributed by atoms with Crippen LogP contribution >= 0.6 is 11.6 Å². The van der Waals surface area contributed by atoms with Crippen LogP contribution in [0.15, 0.2) is 53.4 Å². The molecule has 24 heavy (non-hydrogen) atoms. The second kappa shape index (κ2) is 6.80. The number of halogens is 2. The lowest BCUT2D eigenvalue weighted by atomic mass is 10.1. The highest BCUT2D eigenvalue weighted by molar-refractivity contribution is 7.89. The number of aliphatic hydroxyl groups is 1. The van der Waals surface area contributed by atoms with Gasteiger partial charge in [-0.2, -0.15) is 4.31 Å². The fourth-order valence-corrected chi connectivity index (χ4v) is 5.13. The van der Waals surface area contributed by atoms with E-state index in [-0.39, 0.29) is 11.5 Å². The molecule has 0 radical (unpaired) electrons. The van der Waals surface area contributed by atoms with Crippen molar-refractivity contribution in [3.05, 3.63) is 64.9 Å². The van der Waals surface area contributed by atoms with Crippen molar-refractivity contribution in [3.63, 3.8) is 0 Å². The van der Waals surface area contributed by atoms with E-state index in [1.165, 1.54) is 40.7 Å². The lowest BCUT2D eigenvalue weighted by Gasteiger charge is -2.29. The van der Waals surface area contributed by atoms with Crippen LogP contribution in [0.3, 0.4) is 0 Å². The lowest BCUT2D eigenvalue weighted by Crippen LogP contribution is -2.39. The molecule has 1 fully saturated rings. The molecule has 4 nitrogen and oxygen atoms in total. The van der Waals surface area contributed by atoms with Crippen LogP contribution in [0.1, 0.15) is 24.4 Å². The summed E-state index contributed by atoms with van der Waals surface area (Å²) < 4.78 is 41.0. The zero-order chi connectivity index (χ0) is 17.3. The van der Waals surface area contributed by atoms with Crippen LogP contribution in [0.4, 0.5) is 4.39 Å². The summed E-state index contributed by atoms with van der Waals surface area (Å²) in [5.74, 6) is -0.413. The minimum atomic E-state index is -3.83. The Morgan fingerprint density at radius 3 is 2.50 bits per heavy atom. The molecule has 0 aromatic heterocycles. The van der Waals surface area contributed by atoms with Crippen LogP contribution in [-0.4, -0.2) is 30.5 Å². The summed E-state index contributed by atoms with van der Waals surface area (Å²) in [5, 5.41) is 10.0. The Balaban J connectivity index is 2.04. The standard InChI is InChI=1S/C17H17ClFNO3S/c18-13-4-7-16(8-5-13)24(22,23)20-15(11-21)6-9-17(20)12-2-1-3-14(19)10-12/h1-5,7-8,10,15,17,21H,6,9,11H2/t15-,17+/m1/s1. The normalized spacial score (nSPS) is 22.0. The Hall–Kier alpha value is -1.47. The number of sulfonamides is 1. The Kier molecular flexibility index (Phi) is 4.92. The maximum Gasteiger partial charge on any atom is 0.243 e. The number of aliphatic hydroxyl groups excluding tert-OH is 1. The van der Waals surface area contributed by atoms with Gasteiger partial charge in [-0.25, -0.2) is 12.8 Å². The Morgan fingerprint density at radius 2 is 1.88 bits per heavy atom. The van der Waals surface area contributed by atoms with Gasteiger partial charge in [0.05, 0.1) is 17.5 Å². The summed E-state index contributed by atoms with van der Waals surface area (Å²) in [6, 6.07) is 10.8. The first-order chi connectivity index (χ1) is 11.4. The minimum Gasteiger partial charge on any atom is -0.395 e. The highest BCUT2D eigenvalue weighted by Gasteiger charge is 2.42. The highest BCUT2D eigenvalue weighted by atomic mass is 35.5. The third-order valence-corrected chi connectivity index (χ3v) is 6.50. The van der Waals surface area contributed by atoms with Crippen LogP contribution in [0, 0.1) is 5.82 Å². The molecular weight excluding hydrogens is 353 g/mol. The van der Waals surface area contributed by atoms with Crippen molar-refractivity contribution in [2.45, 2.75) is 29.8 Å². The molecule has 2 aromatic rings. The van der Waals surface area contributed by atoms with E-state index in [0.29, 0.717) is 23.4 Å². The highest BCUT2D eigenvalue weighted by Crippen LogP contribution is 2.40. The first-order valence-electron chi connectivity index (χ1n) is 7.59. The van der Waals surface area contributed by atoms with Gasteiger partial charge in [0.25, 0.3) is 0 Å². The van der Waals surface area contributed by atoms with Gasteiger partial charge in [0.15, 0.2) is 0 Å². The van der Waals surface area contributed by atoms with Crippen molar-refractivity contribution in [2.75, 3.05) is 6.61 Å². The number of nitrogens with zero attached hydrogens (tertiary/aromatic N) is 1. The van der Waals surface area contributed by atoms with Gasteiger partial charge in [-0.15, -0.1) is 0 Å². The number of rotatable bonds is 4. The monoisotopic (exact) mass is 369 g/mol. The molecule has 0 unspecified atom stereocenters. The average molecular weight is 370 g/mol. The second-order valence-electron chi connectivity index (χ2n) is 5.77. The first-order valence-corrected chi connectivity index (χ1v) is 9.40. The van der Waals surface area contributed by atoms with Crippen molar-refractivity contribution in [3.8, 4) is 0 Å². The molecule has 2 aromatic carbocycles. The van der Waals surface area contributed by atoms with Gasteiger partial charge >= 0.3 is 0 Å². The third kappa shape index (κ3) is 3.19. The van der Waals surface area contributed by atoms with E-state index in [1.807, 2.05) is 0 Å². The fourth-order valence-electron chi connectivity index (χ4n) is 3.15. The van der Waals surface area contributed by atoms with Gasteiger partial charge in [-0.1, -0.05) is 23.7 Å². The smallest absolute Gasteiger partial charge is 0.243 e. The van der Waals surface area contributed by atoms with Crippen molar-refractivity contribution in [1.82, 2.24) is 4.31 Å². The molecule has 1 N–H and O–H groups in total. The largest absolute Gasteiger partial charge is 0.395 e. The van der Waals surface area contributed by atoms with Crippen LogP contribution < -0.4 is 0 Å². The molecule has 0 amide bonds. The summed E-state index contributed by atoms with van der Waals surface area (Å²) >= 11 is 5.83. The van der Waals surface area contributed by atoms with E-state index in [9.17, 15) is 17.9 Å². The molecule has 0 bridgehead atoms. The molecule has 7 heteroatoms. The van der Waals surface area contributed by atoms with Gasteiger partial charge < -0.3 is 5.11 Å². The molecule has 128 valence electrons.